The van der Waals surface area contributed by atoms with Gasteiger partial charge in [0, 0.05) is 51.7 Å². The standard InChI is InChI=1S/C18H28F3N5OS.HI/c1-14(18(19,20)21)25-8-10-26(11-9-25)17(23-13-16(27)24(2)3)22-7-6-15-5-4-12-28-15;/h4-5,12,14H,6-11,13H2,1-3H3,(H,22,23);1H. The third-order valence-electron chi connectivity index (χ3n) is 4.73. The first-order valence-electron chi connectivity index (χ1n) is 9.25. The summed E-state index contributed by atoms with van der Waals surface area (Å²) in [7, 11) is 3.33. The second kappa shape index (κ2) is 11.9. The molecule has 1 N–H and O–H groups in total. The summed E-state index contributed by atoms with van der Waals surface area (Å²) in [5, 5.41) is 5.28. The first-order chi connectivity index (χ1) is 13.2. The van der Waals surface area contributed by atoms with Gasteiger partial charge in [-0.15, -0.1) is 35.3 Å². The molecular weight excluding hydrogens is 518 g/mol. The summed E-state index contributed by atoms with van der Waals surface area (Å²) in [6.45, 7) is 3.31. The molecule has 1 aliphatic rings. The molecule has 11 heteroatoms. The van der Waals surface area contributed by atoms with Gasteiger partial charge in [0.05, 0.1) is 0 Å². The number of likely N-dealkylation sites (N-methyl/N-ethyl adjacent to an activating group) is 1. The van der Waals surface area contributed by atoms with E-state index in [1.54, 1.807) is 25.4 Å². The lowest BCUT2D eigenvalue weighted by Crippen LogP contribution is -2.57. The van der Waals surface area contributed by atoms with E-state index in [1.807, 2.05) is 16.3 Å². The summed E-state index contributed by atoms with van der Waals surface area (Å²) >= 11 is 1.67. The second-order valence-corrected chi connectivity index (χ2v) is 7.96. The Morgan fingerprint density at radius 2 is 1.97 bits per heavy atom. The molecule has 0 aromatic carbocycles. The van der Waals surface area contributed by atoms with Crippen LogP contribution < -0.4 is 5.32 Å². The van der Waals surface area contributed by atoms with E-state index in [0.717, 1.165) is 6.42 Å². The van der Waals surface area contributed by atoms with Crippen LogP contribution in [-0.2, 0) is 11.2 Å². The van der Waals surface area contributed by atoms with Crippen LogP contribution in [0.4, 0.5) is 13.2 Å². The Morgan fingerprint density at radius 1 is 1.31 bits per heavy atom. The number of aliphatic imine (C=N–C) groups is 1. The fraction of sp³-hybridized carbons (Fsp3) is 0.667. The predicted molar refractivity (Wildman–Crippen MR) is 121 cm³/mol. The van der Waals surface area contributed by atoms with Gasteiger partial charge in [-0.25, -0.2) is 4.99 Å². The molecule has 1 fully saturated rings. The van der Waals surface area contributed by atoms with E-state index in [-0.39, 0.29) is 36.4 Å². The fourth-order valence-corrected chi connectivity index (χ4v) is 3.54. The van der Waals surface area contributed by atoms with Crippen molar-refractivity contribution in [1.82, 2.24) is 20.0 Å². The minimum Gasteiger partial charge on any atom is -0.356 e. The van der Waals surface area contributed by atoms with Crippen LogP contribution in [0, 0.1) is 0 Å². The molecule has 0 bridgehead atoms. The highest BCUT2D eigenvalue weighted by molar-refractivity contribution is 14.0. The highest BCUT2D eigenvalue weighted by Crippen LogP contribution is 2.25. The molecule has 2 rings (SSSR count). The Bertz CT molecular complexity index is 646. The number of alkyl halides is 3. The number of amides is 1. The molecule has 0 saturated carbocycles. The van der Waals surface area contributed by atoms with E-state index in [0.29, 0.717) is 38.7 Å². The highest BCUT2D eigenvalue weighted by atomic mass is 127. The zero-order valence-electron chi connectivity index (χ0n) is 16.9. The van der Waals surface area contributed by atoms with Crippen molar-refractivity contribution >= 4 is 47.2 Å². The Kier molecular flexibility index (Phi) is 10.7. The molecule has 2 heterocycles. The van der Waals surface area contributed by atoms with Crippen LogP contribution in [0.15, 0.2) is 22.5 Å². The number of hydrogen-bond acceptors (Lipinski definition) is 4. The number of rotatable bonds is 6. The van der Waals surface area contributed by atoms with Crippen LogP contribution in [0.1, 0.15) is 11.8 Å². The molecule has 0 radical (unpaired) electrons. The van der Waals surface area contributed by atoms with Crippen LogP contribution in [0.5, 0.6) is 0 Å². The first-order valence-corrected chi connectivity index (χ1v) is 10.1. The fourth-order valence-electron chi connectivity index (χ4n) is 2.83. The Balaban J connectivity index is 0.00000420. The molecule has 1 aliphatic heterocycles. The topological polar surface area (TPSA) is 51.2 Å². The van der Waals surface area contributed by atoms with Gasteiger partial charge in [0.2, 0.25) is 5.91 Å². The second-order valence-electron chi connectivity index (χ2n) is 6.92. The minimum absolute atomic E-state index is 0. The number of piperazine rings is 1. The lowest BCUT2D eigenvalue weighted by molar-refractivity contribution is -0.181. The monoisotopic (exact) mass is 547 g/mol. The van der Waals surface area contributed by atoms with Crippen molar-refractivity contribution in [2.45, 2.75) is 25.6 Å². The average Bonchev–Trinajstić information content (AvgIpc) is 3.16. The van der Waals surface area contributed by atoms with Crippen molar-refractivity contribution in [1.29, 1.82) is 0 Å². The van der Waals surface area contributed by atoms with Crippen molar-refractivity contribution in [2.24, 2.45) is 4.99 Å². The maximum atomic E-state index is 12.9. The number of thiophene rings is 1. The van der Waals surface area contributed by atoms with E-state index in [4.69, 9.17) is 0 Å². The first kappa shape index (κ1) is 26.0. The van der Waals surface area contributed by atoms with Crippen LogP contribution in [0.3, 0.4) is 0 Å². The van der Waals surface area contributed by atoms with Crippen LogP contribution >= 0.6 is 35.3 Å². The summed E-state index contributed by atoms with van der Waals surface area (Å²) in [5.41, 5.74) is 0. The Labute approximate surface area is 191 Å². The zero-order valence-corrected chi connectivity index (χ0v) is 20.1. The van der Waals surface area contributed by atoms with Crippen molar-refractivity contribution in [3.8, 4) is 0 Å². The molecule has 0 spiro atoms. The third-order valence-corrected chi connectivity index (χ3v) is 5.67. The van der Waals surface area contributed by atoms with Gasteiger partial charge in [-0.3, -0.25) is 9.69 Å². The lowest BCUT2D eigenvalue weighted by Gasteiger charge is -2.39. The van der Waals surface area contributed by atoms with Crippen LogP contribution in [0.25, 0.3) is 0 Å². The van der Waals surface area contributed by atoms with E-state index >= 15 is 0 Å². The largest absolute Gasteiger partial charge is 0.403 e. The van der Waals surface area contributed by atoms with Crippen molar-refractivity contribution < 1.29 is 18.0 Å². The Morgan fingerprint density at radius 3 is 2.48 bits per heavy atom. The summed E-state index contributed by atoms with van der Waals surface area (Å²) < 4.78 is 38.8. The van der Waals surface area contributed by atoms with E-state index in [1.165, 1.54) is 21.6 Å². The summed E-state index contributed by atoms with van der Waals surface area (Å²) in [6.07, 6.45) is -3.40. The van der Waals surface area contributed by atoms with Gasteiger partial charge in [0.15, 0.2) is 5.96 Å². The third kappa shape index (κ3) is 8.28. The normalized spacial score (nSPS) is 16.9. The number of carbonyl (C=O) groups excluding carboxylic acids is 1. The number of guanidine groups is 1. The van der Waals surface area contributed by atoms with E-state index in [2.05, 4.69) is 16.4 Å². The Hall–Kier alpha value is -1.08. The van der Waals surface area contributed by atoms with Gasteiger partial charge in [-0.1, -0.05) is 6.07 Å². The van der Waals surface area contributed by atoms with Crippen molar-refractivity contribution in [2.75, 3.05) is 53.4 Å². The zero-order chi connectivity index (χ0) is 20.7. The molecule has 166 valence electrons. The SMILES string of the molecule is CC(N1CCN(C(=NCC(=O)N(C)C)NCCc2cccs2)CC1)C(F)(F)F.I. The van der Waals surface area contributed by atoms with Crippen LogP contribution in [-0.4, -0.2) is 92.1 Å². The number of halogens is 4. The van der Waals surface area contributed by atoms with Gasteiger partial charge >= 0.3 is 6.18 Å². The summed E-state index contributed by atoms with van der Waals surface area (Å²) in [5.74, 6) is 0.452. The van der Waals surface area contributed by atoms with E-state index in [9.17, 15) is 18.0 Å². The highest BCUT2D eigenvalue weighted by Gasteiger charge is 2.41. The molecule has 1 saturated heterocycles. The van der Waals surface area contributed by atoms with Crippen molar-refractivity contribution in [3.63, 3.8) is 0 Å². The summed E-state index contributed by atoms with van der Waals surface area (Å²) in [6, 6.07) is 2.58. The van der Waals surface area contributed by atoms with E-state index < -0.39 is 12.2 Å². The van der Waals surface area contributed by atoms with Gasteiger partial charge in [-0.2, -0.15) is 13.2 Å². The molecule has 0 aliphatic carbocycles. The smallest absolute Gasteiger partial charge is 0.356 e. The van der Waals surface area contributed by atoms with Crippen molar-refractivity contribution in [3.05, 3.63) is 22.4 Å². The number of hydrogen-bond donors (Lipinski definition) is 1. The molecular formula is C18H29F3IN5OS. The molecule has 1 atom stereocenters. The molecule has 1 amide bonds. The number of nitrogens with one attached hydrogen (secondary N) is 1. The quantitative estimate of drug-likeness (QED) is 0.338. The van der Waals surface area contributed by atoms with Gasteiger partial charge in [0.1, 0.15) is 12.6 Å². The van der Waals surface area contributed by atoms with Gasteiger partial charge < -0.3 is 15.1 Å². The molecule has 6 nitrogen and oxygen atoms in total. The molecule has 1 aromatic heterocycles. The van der Waals surface area contributed by atoms with Gasteiger partial charge in [0.25, 0.3) is 0 Å². The predicted octanol–water partition coefficient (Wildman–Crippen LogP) is 2.51. The number of nitrogens with zero attached hydrogens (tertiary/aromatic N) is 4. The average molecular weight is 547 g/mol. The number of carbonyl (C=O) groups is 1. The molecule has 1 aromatic rings. The van der Waals surface area contributed by atoms with Crippen LogP contribution in [0.2, 0.25) is 0 Å². The molecule has 29 heavy (non-hydrogen) atoms. The summed E-state index contributed by atoms with van der Waals surface area (Å²) in [4.78, 5) is 22.4. The lowest BCUT2D eigenvalue weighted by atomic mass is 10.2. The maximum Gasteiger partial charge on any atom is 0.403 e. The molecule has 1 unspecified atom stereocenters. The van der Waals surface area contributed by atoms with Gasteiger partial charge in [-0.05, 0) is 24.8 Å². The minimum atomic E-state index is -4.23. The maximum absolute atomic E-state index is 12.9.